The number of nitrogens with zero attached hydrogens (tertiary/aromatic N) is 1. The lowest BCUT2D eigenvalue weighted by molar-refractivity contribution is 0.597. The average Bonchev–Trinajstić information content (AvgIpc) is 2.60. The highest BCUT2D eigenvalue weighted by Crippen LogP contribution is 2.24. The summed E-state index contributed by atoms with van der Waals surface area (Å²) < 4.78 is 23.5. The van der Waals surface area contributed by atoms with Gasteiger partial charge in [0.1, 0.15) is 0 Å². The van der Waals surface area contributed by atoms with Gasteiger partial charge in [-0.2, -0.15) is 0 Å². The summed E-state index contributed by atoms with van der Waals surface area (Å²) in [6, 6.07) is 6.45. The first kappa shape index (κ1) is 16.3. The van der Waals surface area contributed by atoms with E-state index in [4.69, 9.17) is 0 Å². The summed E-state index contributed by atoms with van der Waals surface area (Å²) in [5.41, 5.74) is 3.69. The van der Waals surface area contributed by atoms with Crippen LogP contribution in [0.25, 0.3) is 0 Å². The predicted molar refractivity (Wildman–Crippen MR) is 88.7 cm³/mol. The van der Waals surface area contributed by atoms with E-state index in [9.17, 15) is 8.42 Å². The van der Waals surface area contributed by atoms with Crippen LogP contribution in [0.2, 0.25) is 0 Å². The average molecular weight is 310 g/mol. The van der Waals surface area contributed by atoms with Gasteiger partial charge in [-0.15, -0.1) is 0 Å². The van der Waals surface area contributed by atoms with Crippen molar-refractivity contribution < 1.29 is 8.42 Å². The van der Waals surface area contributed by atoms with Crippen molar-refractivity contribution in [3.8, 4) is 0 Å². The van der Waals surface area contributed by atoms with E-state index in [0.29, 0.717) is 12.3 Å². The van der Waals surface area contributed by atoms with Crippen LogP contribution in [0.5, 0.6) is 0 Å². The predicted octanol–water partition coefficient (Wildman–Crippen LogP) is 2.12. The second-order valence-electron chi connectivity index (χ2n) is 5.80. The first-order valence-corrected chi connectivity index (χ1v) is 9.59. The van der Waals surface area contributed by atoms with E-state index in [1.807, 2.05) is 0 Å². The fraction of sp³-hybridized carbons (Fsp3) is 0.625. The normalized spacial score (nSPS) is 18.5. The van der Waals surface area contributed by atoms with Gasteiger partial charge in [-0.05, 0) is 37.9 Å². The van der Waals surface area contributed by atoms with Gasteiger partial charge >= 0.3 is 0 Å². The molecule has 1 aromatic rings. The largest absolute Gasteiger partial charge is 0.370 e. The zero-order valence-electron chi connectivity index (χ0n) is 13.1. The van der Waals surface area contributed by atoms with Crippen molar-refractivity contribution in [2.45, 2.75) is 33.2 Å². The Balaban J connectivity index is 2.17. The maximum Gasteiger partial charge on any atom is 0.152 e. The van der Waals surface area contributed by atoms with Crippen molar-refractivity contribution in [2.24, 2.45) is 0 Å². The third kappa shape index (κ3) is 4.71. The molecule has 1 heterocycles. The topological polar surface area (TPSA) is 49.4 Å². The van der Waals surface area contributed by atoms with Crippen molar-refractivity contribution in [3.63, 3.8) is 0 Å². The summed E-state index contributed by atoms with van der Waals surface area (Å²) in [5, 5.41) is 3.45. The molecule has 0 unspecified atom stereocenters. The molecule has 21 heavy (non-hydrogen) atoms. The van der Waals surface area contributed by atoms with Gasteiger partial charge in [0.15, 0.2) is 9.84 Å². The molecule has 0 spiro atoms. The molecule has 5 heteroatoms. The highest BCUT2D eigenvalue weighted by atomic mass is 32.2. The molecule has 1 aromatic carbocycles. The van der Waals surface area contributed by atoms with Crippen molar-refractivity contribution in [1.29, 1.82) is 0 Å². The summed E-state index contributed by atoms with van der Waals surface area (Å²) >= 11 is 0. The first-order valence-electron chi connectivity index (χ1n) is 7.77. The lowest BCUT2D eigenvalue weighted by Gasteiger charge is -2.25. The summed E-state index contributed by atoms with van der Waals surface area (Å²) in [6.45, 7) is 7.52. The van der Waals surface area contributed by atoms with Crippen LogP contribution >= 0.6 is 0 Å². The molecule has 0 radical (unpaired) electrons. The highest BCUT2D eigenvalue weighted by molar-refractivity contribution is 7.91. The van der Waals surface area contributed by atoms with Crippen LogP contribution in [0.4, 0.5) is 5.69 Å². The lowest BCUT2D eigenvalue weighted by atomic mass is 10.1. The number of sulfone groups is 1. The van der Waals surface area contributed by atoms with Gasteiger partial charge in [-0.3, -0.25) is 0 Å². The standard InChI is InChI=1S/C16H26N2O2S/c1-3-7-17-13-15-12-14(2)5-6-16(15)18-8-4-10-21(19,20)11-9-18/h5-6,12,17H,3-4,7-11,13H2,1-2H3. The minimum absolute atomic E-state index is 0.267. The van der Waals surface area contributed by atoms with Gasteiger partial charge in [0, 0.05) is 25.3 Å². The summed E-state index contributed by atoms with van der Waals surface area (Å²) in [5.74, 6) is 0.585. The number of rotatable bonds is 5. The van der Waals surface area contributed by atoms with Crippen molar-refractivity contribution in [3.05, 3.63) is 29.3 Å². The SMILES string of the molecule is CCCNCc1cc(C)ccc1N1CCCS(=O)(=O)CC1. The molecule has 0 amide bonds. The minimum atomic E-state index is -2.86. The van der Waals surface area contributed by atoms with Gasteiger partial charge < -0.3 is 10.2 Å². The molecular weight excluding hydrogens is 284 g/mol. The second kappa shape index (κ2) is 7.27. The molecule has 0 bridgehead atoms. The molecule has 1 aliphatic heterocycles. The fourth-order valence-corrected chi connectivity index (χ4v) is 4.02. The maximum absolute atomic E-state index is 11.8. The Kier molecular flexibility index (Phi) is 5.65. The Morgan fingerprint density at radius 2 is 2.05 bits per heavy atom. The molecule has 0 aliphatic carbocycles. The van der Waals surface area contributed by atoms with E-state index >= 15 is 0 Å². The Morgan fingerprint density at radius 1 is 1.24 bits per heavy atom. The highest BCUT2D eigenvalue weighted by Gasteiger charge is 2.20. The molecule has 118 valence electrons. The fourth-order valence-electron chi connectivity index (χ4n) is 2.74. The van der Waals surface area contributed by atoms with Gasteiger partial charge in [0.25, 0.3) is 0 Å². The molecule has 1 fully saturated rings. The van der Waals surface area contributed by atoms with Crippen molar-refractivity contribution in [1.82, 2.24) is 5.32 Å². The smallest absolute Gasteiger partial charge is 0.152 e. The van der Waals surface area contributed by atoms with Crippen LogP contribution < -0.4 is 10.2 Å². The second-order valence-corrected chi connectivity index (χ2v) is 8.10. The number of nitrogens with one attached hydrogen (secondary N) is 1. The van der Waals surface area contributed by atoms with Gasteiger partial charge in [0.05, 0.1) is 11.5 Å². The molecular formula is C16H26N2O2S. The third-order valence-corrected chi connectivity index (χ3v) is 5.59. The molecule has 0 saturated carbocycles. The molecule has 0 aromatic heterocycles. The molecule has 4 nitrogen and oxygen atoms in total. The van der Waals surface area contributed by atoms with Crippen LogP contribution in [-0.2, 0) is 16.4 Å². The molecule has 2 rings (SSSR count). The number of aryl methyl sites for hydroxylation is 1. The van der Waals surface area contributed by atoms with Crippen LogP contribution in [0.3, 0.4) is 0 Å². The van der Waals surface area contributed by atoms with E-state index in [0.717, 1.165) is 32.5 Å². The summed E-state index contributed by atoms with van der Waals surface area (Å²) in [6.07, 6.45) is 1.83. The zero-order chi connectivity index (χ0) is 15.3. The number of anilines is 1. The summed E-state index contributed by atoms with van der Waals surface area (Å²) in [7, 11) is -2.86. The maximum atomic E-state index is 11.8. The number of hydrogen-bond donors (Lipinski definition) is 1. The third-order valence-electron chi connectivity index (χ3n) is 3.87. The Morgan fingerprint density at radius 3 is 2.81 bits per heavy atom. The Hall–Kier alpha value is -1.07. The van der Waals surface area contributed by atoms with Crippen LogP contribution in [0.1, 0.15) is 30.9 Å². The monoisotopic (exact) mass is 310 g/mol. The Bertz CT molecular complexity index is 570. The van der Waals surface area contributed by atoms with Gasteiger partial charge in [-0.1, -0.05) is 24.6 Å². The molecule has 1 aliphatic rings. The first-order chi connectivity index (χ1) is 10.0. The van der Waals surface area contributed by atoms with E-state index < -0.39 is 9.84 Å². The Labute approximate surface area is 128 Å². The van der Waals surface area contributed by atoms with Gasteiger partial charge in [-0.25, -0.2) is 8.42 Å². The number of hydrogen-bond acceptors (Lipinski definition) is 4. The van der Waals surface area contributed by atoms with E-state index in [-0.39, 0.29) is 5.75 Å². The van der Waals surface area contributed by atoms with Crippen LogP contribution in [0, 0.1) is 6.92 Å². The van der Waals surface area contributed by atoms with Gasteiger partial charge in [0.2, 0.25) is 0 Å². The van der Waals surface area contributed by atoms with Crippen LogP contribution in [-0.4, -0.2) is 39.6 Å². The lowest BCUT2D eigenvalue weighted by Crippen LogP contribution is -2.28. The van der Waals surface area contributed by atoms with E-state index in [1.165, 1.54) is 16.8 Å². The quantitative estimate of drug-likeness (QED) is 0.846. The molecule has 1 saturated heterocycles. The van der Waals surface area contributed by atoms with E-state index in [2.05, 4.69) is 42.3 Å². The molecule has 1 N–H and O–H groups in total. The van der Waals surface area contributed by atoms with Crippen molar-refractivity contribution in [2.75, 3.05) is 36.0 Å². The zero-order valence-corrected chi connectivity index (χ0v) is 13.9. The van der Waals surface area contributed by atoms with E-state index in [1.54, 1.807) is 0 Å². The van der Waals surface area contributed by atoms with Crippen molar-refractivity contribution >= 4 is 15.5 Å². The minimum Gasteiger partial charge on any atom is -0.370 e. The molecule has 0 atom stereocenters. The van der Waals surface area contributed by atoms with Crippen LogP contribution in [0.15, 0.2) is 18.2 Å². The number of benzene rings is 1. The summed E-state index contributed by atoms with van der Waals surface area (Å²) in [4.78, 5) is 2.23.